The van der Waals surface area contributed by atoms with Crippen molar-refractivity contribution in [2.45, 2.75) is 27.7 Å². The van der Waals surface area contributed by atoms with E-state index >= 15 is 0 Å². The normalized spacial score (nSPS) is 10.0. The molecular weight excluding hydrogens is 516 g/mol. The average Bonchev–Trinajstić information content (AvgIpc) is 2.35. The van der Waals surface area contributed by atoms with E-state index in [0.717, 1.165) is 18.4 Å². The second kappa shape index (κ2) is 8.01. The van der Waals surface area contributed by atoms with Crippen LogP contribution >= 0.6 is 63.7 Å². The van der Waals surface area contributed by atoms with Crippen LogP contribution in [0.4, 0.5) is 0 Å². The zero-order valence-corrected chi connectivity index (χ0v) is 17.9. The monoisotopic (exact) mass is 526 g/mol. The number of hydrogen-bond acceptors (Lipinski definition) is 2. The van der Waals surface area contributed by atoms with Crippen LogP contribution < -0.4 is 0 Å². The molecule has 2 aromatic rings. The van der Waals surface area contributed by atoms with E-state index < -0.39 is 0 Å². The smallest absolute Gasteiger partial charge is 0.110 e. The van der Waals surface area contributed by atoms with Gasteiger partial charge in [-0.1, -0.05) is 12.1 Å². The number of hydrogen-bond donors (Lipinski definition) is 0. The summed E-state index contributed by atoms with van der Waals surface area (Å²) in [6, 6.07) is 4.17. The van der Waals surface area contributed by atoms with E-state index in [0.29, 0.717) is 0 Å². The Kier molecular flexibility index (Phi) is 7.32. The summed E-state index contributed by atoms with van der Waals surface area (Å²) in [6.07, 6.45) is 0. The lowest BCUT2D eigenvalue weighted by atomic mass is 10.2. The van der Waals surface area contributed by atoms with Gasteiger partial charge < -0.3 is 0 Å². The Labute approximate surface area is 153 Å². The fraction of sp³-hybridized carbons (Fsp3) is 0.286. The van der Waals surface area contributed by atoms with Gasteiger partial charge in [0.2, 0.25) is 0 Å². The summed E-state index contributed by atoms with van der Waals surface area (Å²) in [5, 5.41) is 0. The summed E-state index contributed by atoms with van der Waals surface area (Å²) in [6.45, 7) is 8.10. The third-order valence-corrected chi connectivity index (χ3v) is 5.77. The first-order valence-corrected chi connectivity index (χ1v) is 8.98. The van der Waals surface area contributed by atoms with Crippen molar-refractivity contribution >= 4 is 63.7 Å². The van der Waals surface area contributed by atoms with Crippen LogP contribution in [-0.4, -0.2) is 9.97 Å². The Morgan fingerprint density at radius 2 is 0.750 bits per heavy atom. The van der Waals surface area contributed by atoms with E-state index in [4.69, 9.17) is 0 Å². The van der Waals surface area contributed by atoms with Crippen molar-refractivity contribution in [3.63, 3.8) is 0 Å². The Hall–Kier alpha value is 0.220. The van der Waals surface area contributed by atoms with Gasteiger partial charge >= 0.3 is 0 Å². The molecular formula is C14H14Br4N2. The van der Waals surface area contributed by atoms with Crippen LogP contribution in [0, 0.1) is 27.7 Å². The molecule has 0 unspecified atom stereocenters. The SMILES string of the molecule is Cc1cc(C)c(Br)nc1Br.Cc1cc(C)c(Br)nc1Br. The van der Waals surface area contributed by atoms with Crippen LogP contribution in [0.2, 0.25) is 0 Å². The Morgan fingerprint density at radius 1 is 0.550 bits per heavy atom. The molecule has 0 atom stereocenters. The second-order valence-corrected chi connectivity index (χ2v) is 7.41. The Balaban J connectivity index is 0.000000200. The van der Waals surface area contributed by atoms with E-state index in [9.17, 15) is 0 Å². The first kappa shape index (κ1) is 18.3. The molecule has 0 spiro atoms. The molecule has 0 N–H and O–H groups in total. The van der Waals surface area contributed by atoms with Gasteiger partial charge in [-0.25, -0.2) is 9.97 Å². The van der Waals surface area contributed by atoms with Crippen molar-refractivity contribution < 1.29 is 0 Å². The highest BCUT2D eigenvalue weighted by atomic mass is 79.9. The first-order chi connectivity index (χ1) is 9.22. The van der Waals surface area contributed by atoms with Gasteiger partial charge in [-0.2, -0.15) is 0 Å². The standard InChI is InChI=1S/2C7H7Br2N/c2*1-4-3-5(2)7(9)10-6(4)8/h2*3H,1-2H3. The number of aryl methyl sites for hydroxylation is 4. The zero-order valence-electron chi connectivity index (χ0n) is 11.6. The fourth-order valence-electron chi connectivity index (χ4n) is 1.41. The third kappa shape index (κ3) is 5.20. The molecule has 0 fully saturated rings. The van der Waals surface area contributed by atoms with Crippen LogP contribution in [-0.2, 0) is 0 Å². The summed E-state index contributed by atoms with van der Waals surface area (Å²) in [5.74, 6) is 0. The molecule has 0 aliphatic heterocycles. The van der Waals surface area contributed by atoms with Crippen LogP contribution in [0.1, 0.15) is 22.3 Å². The summed E-state index contributed by atoms with van der Waals surface area (Å²) < 4.78 is 3.63. The molecule has 0 aromatic carbocycles. The lowest BCUT2D eigenvalue weighted by Gasteiger charge is -2.00. The molecule has 0 radical (unpaired) electrons. The quantitative estimate of drug-likeness (QED) is 0.367. The van der Waals surface area contributed by atoms with Gasteiger partial charge in [0.05, 0.1) is 0 Å². The molecule has 0 aliphatic rings. The molecule has 0 saturated carbocycles. The van der Waals surface area contributed by atoms with E-state index in [1.165, 1.54) is 22.3 Å². The summed E-state index contributed by atoms with van der Waals surface area (Å²) in [5.41, 5.74) is 4.67. The van der Waals surface area contributed by atoms with E-state index in [2.05, 4.69) is 85.8 Å². The van der Waals surface area contributed by atoms with E-state index in [1.807, 2.05) is 27.7 Å². The van der Waals surface area contributed by atoms with Gasteiger partial charge in [0.25, 0.3) is 0 Å². The van der Waals surface area contributed by atoms with Crippen molar-refractivity contribution in [1.82, 2.24) is 9.97 Å². The van der Waals surface area contributed by atoms with Gasteiger partial charge in [0.1, 0.15) is 18.4 Å². The summed E-state index contributed by atoms with van der Waals surface area (Å²) >= 11 is 13.4. The highest BCUT2D eigenvalue weighted by molar-refractivity contribution is 9.11. The molecule has 2 aromatic heterocycles. The molecule has 2 rings (SSSR count). The minimum Gasteiger partial charge on any atom is -0.233 e. The minimum atomic E-state index is 0.907. The zero-order chi connectivity index (χ0) is 15.4. The summed E-state index contributed by atoms with van der Waals surface area (Å²) in [4.78, 5) is 8.41. The predicted octanol–water partition coefficient (Wildman–Crippen LogP) is 6.45. The minimum absolute atomic E-state index is 0.907. The molecule has 6 heteroatoms. The molecule has 2 heterocycles. The largest absolute Gasteiger partial charge is 0.233 e. The van der Waals surface area contributed by atoms with Crippen LogP contribution in [0.25, 0.3) is 0 Å². The second-order valence-electron chi connectivity index (χ2n) is 4.41. The van der Waals surface area contributed by atoms with E-state index in [-0.39, 0.29) is 0 Å². The lowest BCUT2D eigenvalue weighted by molar-refractivity contribution is 1.14. The van der Waals surface area contributed by atoms with Crippen LogP contribution in [0.15, 0.2) is 30.5 Å². The lowest BCUT2D eigenvalue weighted by Crippen LogP contribution is -1.86. The maximum Gasteiger partial charge on any atom is 0.110 e. The maximum absolute atomic E-state index is 4.21. The topological polar surface area (TPSA) is 25.8 Å². The van der Waals surface area contributed by atoms with Crippen molar-refractivity contribution in [3.8, 4) is 0 Å². The van der Waals surface area contributed by atoms with E-state index in [1.54, 1.807) is 0 Å². The van der Waals surface area contributed by atoms with Crippen LogP contribution in [0.5, 0.6) is 0 Å². The van der Waals surface area contributed by atoms with Gasteiger partial charge in [-0.05, 0) is 114 Å². The molecule has 0 amide bonds. The Bertz CT molecular complexity index is 471. The molecule has 0 bridgehead atoms. The number of nitrogens with zero attached hydrogens (tertiary/aromatic N) is 2. The highest BCUT2D eigenvalue weighted by Crippen LogP contribution is 2.21. The molecule has 20 heavy (non-hydrogen) atoms. The van der Waals surface area contributed by atoms with Crippen molar-refractivity contribution in [2.24, 2.45) is 0 Å². The van der Waals surface area contributed by atoms with Crippen molar-refractivity contribution in [2.75, 3.05) is 0 Å². The van der Waals surface area contributed by atoms with Gasteiger partial charge in [-0.15, -0.1) is 0 Å². The number of pyridine rings is 2. The average molecular weight is 530 g/mol. The van der Waals surface area contributed by atoms with Gasteiger partial charge in [-0.3, -0.25) is 0 Å². The van der Waals surface area contributed by atoms with Gasteiger partial charge in [0.15, 0.2) is 0 Å². The molecule has 0 aliphatic carbocycles. The van der Waals surface area contributed by atoms with Crippen molar-refractivity contribution in [1.29, 1.82) is 0 Å². The maximum atomic E-state index is 4.21. The van der Waals surface area contributed by atoms with Crippen LogP contribution in [0.3, 0.4) is 0 Å². The highest BCUT2D eigenvalue weighted by Gasteiger charge is 2.00. The molecule has 108 valence electrons. The third-order valence-electron chi connectivity index (χ3n) is 2.56. The number of aromatic nitrogens is 2. The fourth-order valence-corrected chi connectivity index (χ4v) is 3.06. The molecule has 0 saturated heterocycles. The van der Waals surface area contributed by atoms with Crippen molar-refractivity contribution in [3.05, 3.63) is 52.8 Å². The van der Waals surface area contributed by atoms with Gasteiger partial charge in [0, 0.05) is 0 Å². The number of rotatable bonds is 0. The summed E-state index contributed by atoms with van der Waals surface area (Å²) in [7, 11) is 0. The number of halogens is 4. The first-order valence-electron chi connectivity index (χ1n) is 5.81. The molecule has 2 nitrogen and oxygen atoms in total. The predicted molar refractivity (Wildman–Crippen MR) is 98.2 cm³/mol. The Morgan fingerprint density at radius 3 is 0.900 bits per heavy atom.